The highest BCUT2D eigenvalue weighted by Crippen LogP contribution is 2.20. The van der Waals surface area contributed by atoms with Crippen molar-refractivity contribution in [3.05, 3.63) is 28.2 Å². The summed E-state index contributed by atoms with van der Waals surface area (Å²) in [6, 6.07) is 4.86. The SMILES string of the molecule is C#Cc1cc(Br)cc(NS(=O)(=O)CCl)c1. The van der Waals surface area contributed by atoms with Crippen LogP contribution in [0.1, 0.15) is 5.56 Å². The molecule has 0 fully saturated rings. The zero-order valence-electron chi connectivity index (χ0n) is 7.50. The molecule has 1 aromatic rings. The maximum Gasteiger partial charge on any atom is 0.246 e. The van der Waals surface area contributed by atoms with E-state index < -0.39 is 15.2 Å². The van der Waals surface area contributed by atoms with Crippen molar-refractivity contribution in [2.75, 3.05) is 9.93 Å². The van der Waals surface area contributed by atoms with Gasteiger partial charge in [0.05, 0.1) is 5.69 Å². The highest BCUT2D eigenvalue weighted by atomic mass is 79.9. The summed E-state index contributed by atoms with van der Waals surface area (Å²) in [5, 5.41) is -0.495. The molecule has 1 aromatic carbocycles. The molecule has 0 heterocycles. The molecule has 1 rings (SSSR count). The number of anilines is 1. The van der Waals surface area contributed by atoms with E-state index in [9.17, 15) is 8.42 Å². The first-order valence-corrected chi connectivity index (χ1v) is 6.78. The molecule has 0 aliphatic rings. The molecule has 1 N–H and O–H groups in total. The van der Waals surface area contributed by atoms with Crippen molar-refractivity contribution >= 4 is 43.2 Å². The Morgan fingerprint density at radius 3 is 2.67 bits per heavy atom. The van der Waals surface area contributed by atoms with Crippen LogP contribution in [0, 0.1) is 12.3 Å². The zero-order valence-corrected chi connectivity index (χ0v) is 10.7. The van der Waals surface area contributed by atoms with Gasteiger partial charge in [0.2, 0.25) is 10.0 Å². The number of terminal acetylenes is 1. The molecule has 0 amide bonds. The third-order valence-corrected chi connectivity index (χ3v) is 3.64. The van der Waals surface area contributed by atoms with E-state index in [0.717, 1.165) is 0 Å². The quantitative estimate of drug-likeness (QED) is 0.688. The smallest absolute Gasteiger partial charge is 0.246 e. The van der Waals surface area contributed by atoms with Gasteiger partial charge in [0.1, 0.15) is 5.21 Å². The van der Waals surface area contributed by atoms with Crippen molar-refractivity contribution in [1.82, 2.24) is 0 Å². The average molecular weight is 309 g/mol. The number of halogens is 2. The topological polar surface area (TPSA) is 46.2 Å². The normalized spacial score (nSPS) is 10.7. The van der Waals surface area contributed by atoms with Gasteiger partial charge in [-0.15, -0.1) is 18.0 Å². The average Bonchev–Trinajstić information content (AvgIpc) is 2.16. The van der Waals surface area contributed by atoms with E-state index in [1.807, 2.05) is 0 Å². The lowest BCUT2D eigenvalue weighted by Gasteiger charge is -2.06. The first kappa shape index (κ1) is 12.4. The van der Waals surface area contributed by atoms with Crippen molar-refractivity contribution in [3.63, 3.8) is 0 Å². The number of hydrogen-bond acceptors (Lipinski definition) is 2. The second-order valence-corrected chi connectivity index (χ2v) is 5.92. The fourth-order valence-electron chi connectivity index (χ4n) is 0.939. The first-order valence-electron chi connectivity index (χ1n) is 3.80. The minimum atomic E-state index is -3.49. The zero-order chi connectivity index (χ0) is 11.5. The predicted molar refractivity (Wildman–Crippen MR) is 65.3 cm³/mol. The Kier molecular flexibility index (Phi) is 4.03. The Morgan fingerprint density at radius 2 is 2.13 bits per heavy atom. The lowest BCUT2D eigenvalue weighted by Crippen LogP contribution is -2.13. The van der Waals surface area contributed by atoms with Crippen molar-refractivity contribution in [3.8, 4) is 12.3 Å². The van der Waals surface area contributed by atoms with Gasteiger partial charge in [0, 0.05) is 10.0 Å². The van der Waals surface area contributed by atoms with Gasteiger partial charge in [-0.25, -0.2) is 8.42 Å². The van der Waals surface area contributed by atoms with Gasteiger partial charge in [0.15, 0.2) is 0 Å². The Balaban J connectivity index is 3.07. The molecule has 6 heteroatoms. The highest BCUT2D eigenvalue weighted by Gasteiger charge is 2.08. The number of hydrogen-bond donors (Lipinski definition) is 1. The van der Waals surface area contributed by atoms with Crippen molar-refractivity contribution < 1.29 is 8.42 Å². The van der Waals surface area contributed by atoms with E-state index in [2.05, 4.69) is 26.6 Å². The van der Waals surface area contributed by atoms with Gasteiger partial charge in [0.25, 0.3) is 0 Å². The number of rotatable bonds is 3. The van der Waals surface area contributed by atoms with Crippen LogP contribution in [0.3, 0.4) is 0 Å². The molecule has 0 aliphatic heterocycles. The maximum atomic E-state index is 11.2. The molecule has 3 nitrogen and oxygen atoms in total. The fraction of sp³-hybridized carbons (Fsp3) is 0.111. The lowest BCUT2D eigenvalue weighted by molar-refractivity contribution is 0.605. The molecule has 0 saturated heterocycles. The van der Waals surface area contributed by atoms with Gasteiger partial charge in [-0.05, 0) is 18.2 Å². The van der Waals surface area contributed by atoms with Crippen LogP contribution >= 0.6 is 27.5 Å². The van der Waals surface area contributed by atoms with Gasteiger partial charge in [-0.1, -0.05) is 21.9 Å². The number of alkyl halides is 1. The largest absolute Gasteiger partial charge is 0.282 e. The molecule has 15 heavy (non-hydrogen) atoms. The van der Waals surface area contributed by atoms with E-state index in [1.165, 1.54) is 0 Å². The summed E-state index contributed by atoms with van der Waals surface area (Å²) in [4.78, 5) is 0. The van der Waals surface area contributed by atoms with E-state index in [1.54, 1.807) is 18.2 Å². The summed E-state index contributed by atoms with van der Waals surface area (Å²) >= 11 is 8.47. The Bertz CT molecular complexity index is 507. The minimum Gasteiger partial charge on any atom is -0.282 e. The third kappa shape index (κ3) is 3.74. The maximum absolute atomic E-state index is 11.2. The Morgan fingerprint density at radius 1 is 1.47 bits per heavy atom. The summed E-state index contributed by atoms with van der Waals surface area (Å²) in [5.74, 6) is 2.41. The van der Waals surface area contributed by atoms with Crippen LogP contribution in [-0.2, 0) is 10.0 Å². The summed E-state index contributed by atoms with van der Waals surface area (Å²) in [5.41, 5.74) is 0.967. The number of sulfonamides is 1. The van der Waals surface area contributed by atoms with Gasteiger partial charge in [-0.3, -0.25) is 4.72 Å². The van der Waals surface area contributed by atoms with Crippen LogP contribution in [0.2, 0.25) is 0 Å². The van der Waals surface area contributed by atoms with Crippen LogP contribution in [-0.4, -0.2) is 13.6 Å². The van der Waals surface area contributed by atoms with Crippen LogP contribution in [0.4, 0.5) is 5.69 Å². The van der Waals surface area contributed by atoms with Gasteiger partial charge < -0.3 is 0 Å². The molecule has 0 bridgehead atoms. The van der Waals surface area contributed by atoms with E-state index in [4.69, 9.17) is 18.0 Å². The molecule has 0 saturated carbocycles. The molecular weight excluding hydrogens is 302 g/mol. The van der Waals surface area contributed by atoms with Crippen LogP contribution < -0.4 is 4.72 Å². The van der Waals surface area contributed by atoms with Crippen molar-refractivity contribution in [2.45, 2.75) is 0 Å². The van der Waals surface area contributed by atoms with E-state index >= 15 is 0 Å². The molecule has 0 atom stereocenters. The molecule has 0 spiro atoms. The van der Waals surface area contributed by atoms with E-state index in [0.29, 0.717) is 15.7 Å². The molecular formula is C9H7BrClNO2S. The molecule has 0 radical (unpaired) electrons. The number of nitrogens with one attached hydrogen (secondary N) is 1. The Labute approximate surface area is 102 Å². The van der Waals surface area contributed by atoms with Gasteiger partial charge in [-0.2, -0.15) is 0 Å². The molecule has 0 unspecified atom stereocenters. The standard InChI is InChI=1S/C9H7BrClNO2S/c1-2-7-3-8(10)5-9(4-7)12-15(13,14)6-11/h1,3-5,12H,6H2. The lowest BCUT2D eigenvalue weighted by atomic mass is 10.2. The van der Waals surface area contributed by atoms with E-state index in [-0.39, 0.29) is 0 Å². The van der Waals surface area contributed by atoms with Crippen LogP contribution in [0.5, 0.6) is 0 Å². The first-order chi connectivity index (χ1) is 6.96. The second kappa shape index (κ2) is 4.88. The summed E-state index contributed by atoms with van der Waals surface area (Å²) in [6.07, 6.45) is 5.21. The molecule has 0 aromatic heterocycles. The fourth-order valence-corrected chi connectivity index (χ4v) is 2.13. The minimum absolute atomic E-state index is 0.387. The molecule has 0 aliphatic carbocycles. The van der Waals surface area contributed by atoms with Gasteiger partial charge >= 0.3 is 0 Å². The summed E-state index contributed by atoms with van der Waals surface area (Å²) in [6.45, 7) is 0. The predicted octanol–water partition coefficient (Wildman–Crippen LogP) is 2.37. The van der Waals surface area contributed by atoms with Crippen molar-refractivity contribution in [2.24, 2.45) is 0 Å². The summed E-state index contributed by atoms with van der Waals surface area (Å²) < 4.78 is 25.3. The van der Waals surface area contributed by atoms with Crippen LogP contribution in [0.15, 0.2) is 22.7 Å². The van der Waals surface area contributed by atoms with Crippen LogP contribution in [0.25, 0.3) is 0 Å². The highest BCUT2D eigenvalue weighted by molar-refractivity contribution is 9.10. The Hall–Kier alpha value is -0.700. The summed E-state index contributed by atoms with van der Waals surface area (Å²) in [7, 11) is -3.49. The number of benzene rings is 1. The monoisotopic (exact) mass is 307 g/mol. The van der Waals surface area contributed by atoms with Crippen molar-refractivity contribution in [1.29, 1.82) is 0 Å². The molecule has 80 valence electrons. The second-order valence-electron chi connectivity index (χ2n) is 2.70. The third-order valence-electron chi connectivity index (χ3n) is 1.48.